The summed E-state index contributed by atoms with van der Waals surface area (Å²) in [4.78, 5) is 11.7. The first-order chi connectivity index (χ1) is 9.08. The number of hydrogen-bond acceptors (Lipinski definition) is 3. The SMILES string of the molecule is Cc1ccc(C(=O)C=CNc2cccc(Cl)c2Cl)o1. The molecule has 0 aliphatic rings. The number of furan rings is 1. The molecule has 98 valence electrons. The van der Waals surface area contributed by atoms with E-state index in [0.717, 1.165) is 0 Å². The maximum absolute atomic E-state index is 11.7. The van der Waals surface area contributed by atoms with Crippen LogP contribution in [0.25, 0.3) is 0 Å². The van der Waals surface area contributed by atoms with Gasteiger partial charge in [-0.25, -0.2) is 0 Å². The lowest BCUT2D eigenvalue weighted by Crippen LogP contribution is -1.95. The van der Waals surface area contributed by atoms with Crippen LogP contribution >= 0.6 is 23.2 Å². The molecule has 5 heteroatoms. The lowest BCUT2D eigenvalue weighted by atomic mass is 10.3. The Bertz CT molecular complexity index is 632. The van der Waals surface area contributed by atoms with Crippen molar-refractivity contribution in [2.45, 2.75) is 6.92 Å². The van der Waals surface area contributed by atoms with E-state index in [1.165, 1.54) is 12.3 Å². The van der Waals surface area contributed by atoms with Gasteiger partial charge in [0.05, 0.1) is 15.7 Å². The molecule has 0 amide bonds. The molecule has 19 heavy (non-hydrogen) atoms. The van der Waals surface area contributed by atoms with Gasteiger partial charge in [-0.1, -0.05) is 29.3 Å². The van der Waals surface area contributed by atoms with Gasteiger partial charge in [0.2, 0.25) is 5.78 Å². The van der Waals surface area contributed by atoms with Crippen molar-refractivity contribution in [1.29, 1.82) is 0 Å². The largest absolute Gasteiger partial charge is 0.458 e. The Hall–Kier alpha value is -1.71. The van der Waals surface area contributed by atoms with E-state index in [1.807, 2.05) is 0 Å². The first-order valence-electron chi connectivity index (χ1n) is 5.56. The lowest BCUT2D eigenvalue weighted by molar-refractivity contribution is 0.102. The van der Waals surface area contributed by atoms with Crippen molar-refractivity contribution in [2.75, 3.05) is 5.32 Å². The average molecular weight is 296 g/mol. The molecule has 0 atom stereocenters. The van der Waals surface area contributed by atoms with Gasteiger partial charge in [-0.2, -0.15) is 0 Å². The maximum Gasteiger partial charge on any atom is 0.222 e. The van der Waals surface area contributed by atoms with Crippen LogP contribution < -0.4 is 5.32 Å². The quantitative estimate of drug-likeness (QED) is 0.656. The van der Waals surface area contributed by atoms with Crippen LogP contribution in [0.1, 0.15) is 16.3 Å². The lowest BCUT2D eigenvalue weighted by Gasteiger charge is -2.04. The standard InChI is InChI=1S/C14H11Cl2NO2/c1-9-5-6-13(19-9)12(18)7-8-17-11-4-2-3-10(15)14(11)16/h2-8,17H,1H3. The van der Waals surface area contributed by atoms with Crippen molar-refractivity contribution >= 4 is 34.7 Å². The number of carbonyl (C=O) groups is 1. The second-order valence-corrected chi connectivity index (χ2v) is 4.64. The van der Waals surface area contributed by atoms with E-state index in [0.29, 0.717) is 27.3 Å². The molecule has 0 saturated carbocycles. The molecular formula is C14H11Cl2NO2. The van der Waals surface area contributed by atoms with Crippen LogP contribution in [-0.4, -0.2) is 5.78 Å². The molecule has 1 aromatic heterocycles. The zero-order valence-electron chi connectivity index (χ0n) is 10.1. The van der Waals surface area contributed by atoms with E-state index in [4.69, 9.17) is 27.6 Å². The number of nitrogens with one attached hydrogen (secondary N) is 1. The highest BCUT2D eigenvalue weighted by Crippen LogP contribution is 2.29. The Balaban J connectivity index is 2.04. The molecule has 0 radical (unpaired) electrons. The van der Waals surface area contributed by atoms with Gasteiger partial charge in [-0.3, -0.25) is 4.79 Å². The monoisotopic (exact) mass is 295 g/mol. The summed E-state index contributed by atoms with van der Waals surface area (Å²) in [5.74, 6) is 0.772. The molecule has 2 rings (SSSR count). The molecule has 0 fully saturated rings. The van der Waals surface area contributed by atoms with Crippen LogP contribution in [0.15, 0.2) is 47.0 Å². The molecule has 1 N–H and O–H groups in total. The van der Waals surface area contributed by atoms with Gasteiger partial charge in [0, 0.05) is 12.3 Å². The summed E-state index contributed by atoms with van der Waals surface area (Å²) in [6, 6.07) is 8.59. The van der Waals surface area contributed by atoms with Gasteiger partial charge in [-0.15, -0.1) is 0 Å². The minimum absolute atomic E-state index is 0.223. The Kier molecular flexibility index (Phi) is 4.30. The van der Waals surface area contributed by atoms with Crippen LogP contribution in [0.4, 0.5) is 5.69 Å². The fourth-order valence-electron chi connectivity index (χ4n) is 1.47. The Labute approximate surface area is 120 Å². The van der Waals surface area contributed by atoms with E-state index < -0.39 is 0 Å². The van der Waals surface area contributed by atoms with E-state index in [2.05, 4.69) is 5.32 Å². The van der Waals surface area contributed by atoms with Crippen LogP contribution in [0.5, 0.6) is 0 Å². The van der Waals surface area contributed by atoms with Crippen molar-refractivity contribution in [3.63, 3.8) is 0 Å². The molecule has 0 unspecified atom stereocenters. The van der Waals surface area contributed by atoms with Crippen molar-refractivity contribution in [2.24, 2.45) is 0 Å². The molecule has 0 aliphatic carbocycles. The third-order valence-corrected chi connectivity index (χ3v) is 3.23. The summed E-state index contributed by atoms with van der Waals surface area (Å²) in [5.41, 5.74) is 0.633. The summed E-state index contributed by atoms with van der Waals surface area (Å²) in [6.07, 6.45) is 2.87. The highest BCUT2D eigenvalue weighted by atomic mass is 35.5. The predicted octanol–water partition coefficient (Wildman–Crippen LogP) is 4.70. The molecule has 3 nitrogen and oxygen atoms in total. The summed E-state index contributed by atoms with van der Waals surface area (Å²) in [6.45, 7) is 1.78. The van der Waals surface area contributed by atoms with Gasteiger partial charge in [0.15, 0.2) is 5.76 Å². The van der Waals surface area contributed by atoms with E-state index in [9.17, 15) is 4.79 Å². The molecule has 1 heterocycles. The summed E-state index contributed by atoms with van der Waals surface area (Å²) >= 11 is 11.9. The fourth-order valence-corrected chi connectivity index (χ4v) is 1.83. The summed E-state index contributed by atoms with van der Waals surface area (Å²) in [5, 5.41) is 3.77. The van der Waals surface area contributed by atoms with Gasteiger partial charge in [0.25, 0.3) is 0 Å². The number of rotatable bonds is 4. The molecule has 2 aromatic rings. The molecule has 0 bridgehead atoms. The third-order valence-electron chi connectivity index (χ3n) is 2.41. The second-order valence-electron chi connectivity index (χ2n) is 3.85. The minimum Gasteiger partial charge on any atom is -0.458 e. The zero-order valence-corrected chi connectivity index (χ0v) is 11.6. The average Bonchev–Trinajstić information content (AvgIpc) is 2.81. The normalized spacial score (nSPS) is 10.9. The van der Waals surface area contributed by atoms with Gasteiger partial charge < -0.3 is 9.73 Å². The highest BCUT2D eigenvalue weighted by Gasteiger charge is 2.06. The number of benzene rings is 1. The summed E-state index contributed by atoms with van der Waals surface area (Å²) in [7, 11) is 0. The van der Waals surface area contributed by atoms with Crippen LogP contribution in [-0.2, 0) is 0 Å². The smallest absolute Gasteiger partial charge is 0.222 e. The summed E-state index contributed by atoms with van der Waals surface area (Å²) < 4.78 is 5.22. The highest BCUT2D eigenvalue weighted by molar-refractivity contribution is 6.43. The number of allylic oxidation sites excluding steroid dienone is 1. The van der Waals surface area contributed by atoms with E-state index in [1.54, 1.807) is 37.3 Å². The fraction of sp³-hybridized carbons (Fsp3) is 0.0714. The van der Waals surface area contributed by atoms with Gasteiger partial charge in [-0.05, 0) is 31.2 Å². The molecule has 1 aromatic carbocycles. The molecule has 0 saturated heterocycles. The van der Waals surface area contributed by atoms with Crippen LogP contribution in [0.2, 0.25) is 10.0 Å². The number of hydrogen-bond donors (Lipinski definition) is 1. The predicted molar refractivity (Wildman–Crippen MR) is 77.0 cm³/mol. The van der Waals surface area contributed by atoms with Crippen molar-refractivity contribution in [1.82, 2.24) is 0 Å². The van der Waals surface area contributed by atoms with Crippen molar-refractivity contribution in [3.8, 4) is 0 Å². The number of anilines is 1. The first kappa shape index (κ1) is 13.7. The number of carbonyl (C=O) groups excluding carboxylic acids is 1. The minimum atomic E-state index is -0.223. The van der Waals surface area contributed by atoms with E-state index in [-0.39, 0.29) is 5.78 Å². The second kappa shape index (κ2) is 5.95. The Morgan fingerprint density at radius 1 is 1.26 bits per heavy atom. The Morgan fingerprint density at radius 2 is 2.05 bits per heavy atom. The maximum atomic E-state index is 11.7. The van der Waals surface area contributed by atoms with Crippen molar-refractivity contribution in [3.05, 3.63) is 64.2 Å². The van der Waals surface area contributed by atoms with Crippen LogP contribution in [0.3, 0.4) is 0 Å². The third kappa shape index (κ3) is 3.40. The number of aryl methyl sites for hydroxylation is 1. The van der Waals surface area contributed by atoms with Gasteiger partial charge >= 0.3 is 0 Å². The number of halogens is 2. The number of ketones is 1. The Morgan fingerprint density at radius 3 is 2.74 bits per heavy atom. The van der Waals surface area contributed by atoms with Crippen molar-refractivity contribution < 1.29 is 9.21 Å². The molecular weight excluding hydrogens is 285 g/mol. The molecule has 0 aliphatic heterocycles. The topological polar surface area (TPSA) is 42.2 Å². The molecule has 0 spiro atoms. The first-order valence-corrected chi connectivity index (χ1v) is 6.31. The van der Waals surface area contributed by atoms with E-state index >= 15 is 0 Å². The van der Waals surface area contributed by atoms with Gasteiger partial charge in [0.1, 0.15) is 5.76 Å². The zero-order chi connectivity index (χ0) is 13.8. The van der Waals surface area contributed by atoms with Crippen LogP contribution in [0, 0.1) is 6.92 Å².